The summed E-state index contributed by atoms with van der Waals surface area (Å²) in [6.07, 6.45) is 2.26. The molecule has 1 unspecified atom stereocenters. The van der Waals surface area contributed by atoms with Crippen molar-refractivity contribution in [3.05, 3.63) is 57.3 Å². The highest BCUT2D eigenvalue weighted by Crippen LogP contribution is 2.37. The average molecular weight is 351 g/mol. The standard InChI is InChI=1S/C18H23BrS/c1-5-13-11-12-20-17(13)16(19)14-7-9-15(10-8-14)18(3,4)6-2/h7-12,16H,5-6H2,1-4H3. The van der Waals surface area contributed by atoms with Gasteiger partial charge in [0.1, 0.15) is 0 Å². The molecule has 108 valence electrons. The molecule has 0 spiro atoms. The Labute approximate surface area is 135 Å². The van der Waals surface area contributed by atoms with Crippen LogP contribution in [-0.2, 0) is 11.8 Å². The maximum Gasteiger partial charge on any atom is 0.0740 e. The first-order chi connectivity index (χ1) is 9.49. The van der Waals surface area contributed by atoms with Crippen LogP contribution in [0.4, 0.5) is 0 Å². The van der Waals surface area contributed by atoms with Crippen molar-refractivity contribution < 1.29 is 0 Å². The third kappa shape index (κ3) is 3.17. The summed E-state index contributed by atoms with van der Waals surface area (Å²) in [6.45, 7) is 9.09. The Kier molecular flexibility index (Phi) is 5.09. The molecule has 2 heteroatoms. The molecule has 0 saturated carbocycles. The first-order valence-electron chi connectivity index (χ1n) is 7.30. The van der Waals surface area contributed by atoms with Crippen LogP contribution in [0.15, 0.2) is 35.7 Å². The molecular weight excluding hydrogens is 328 g/mol. The molecule has 0 fully saturated rings. The van der Waals surface area contributed by atoms with Crippen molar-refractivity contribution in [2.45, 2.75) is 50.8 Å². The zero-order chi connectivity index (χ0) is 14.8. The van der Waals surface area contributed by atoms with E-state index in [1.54, 1.807) is 0 Å². The van der Waals surface area contributed by atoms with Crippen molar-refractivity contribution in [3.63, 3.8) is 0 Å². The van der Waals surface area contributed by atoms with E-state index in [1.807, 2.05) is 11.3 Å². The highest BCUT2D eigenvalue weighted by Gasteiger charge is 2.19. The van der Waals surface area contributed by atoms with Crippen molar-refractivity contribution in [3.8, 4) is 0 Å². The van der Waals surface area contributed by atoms with E-state index < -0.39 is 0 Å². The molecule has 0 N–H and O–H groups in total. The van der Waals surface area contributed by atoms with Crippen LogP contribution in [0.2, 0.25) is 0 Å². The molecule has 0 aliphatic rings. The van der Waals surface area contributed by atoms with Crippen molar-refractivity contribution in [2.24, 2.45) is 0 Å². The predicted octanol–water partition coefficient (Wildman–Crippen LogP) is 6.48. The van der Waals surface area contributed by atoms with Gasteiger partial charge in [0.25, 0.3) is 0 Å². The summed E-state index contributed by atoms with van der Waals surface area (Å²) in [5.74, 6) is 0. The molecule has 0 radical (unpaired) electrons. The lowest BCUT2D eigenvalue weighted by Gasteiger charge is -2.24. The molecule has 1 aromatic heterocycles. The molecule has 2 rings (SSSR count). The molecule has 0 amide bonds. The Morgan fingerprint density at radius 2 is 1.75 bits per heavy atom. The average Bonchev–Trinajstić information content (AvgIpc) is 2.95. The summed E-state index contributed by atoms with van der Waals surface area (Å²) in [6, 6.07) is 11.3. The van der Waals surface area contributed by atoms with Gasteiger partial charge in [-0.1, -0.05) is 67.9 Å². The number of aryl methyl sites for hydroxylation is 1. The topological polar surface area (TPSA) is 0 Å². The number of hydrogen-bond donors (Lipinski definition) is 0. The maximum absolute atomic E-state index is 3.87. The quantitative estimate of drug-likeness (QED) is 0.541. The van der Waals surface area contributed by atoms with E-state index >= 15 is 0 Å². The summed E-state index contributed by atoms with van der Waals surface area (Å²) < 4.78 is 0. The largest absolute Gasteiger partial charge is 0.147 e. The van der Waals surface area contributed by atoms with Gasteiger partial charge in [-0.3, -0.25) is 0 Å². The van der Waals surface area contributed by atoms with Gasteiger partial charge in [0.15, 0.2) is 0 Å². The molecule has 0 bridgehead atoms. The van der Waals surface area contributed by atoms with Gasteiger partial charge in [-0.2, -0.15) is 0 Å². The van der Waals surface area contributed by atoms with E-state index in [0.717, 1.165) is 12.8 Å². The first-order valence-corrected chi connectivity index (χ1v) is 9.10. The number of thiophene rings is 1. The van der Waals surface area contributed by atoms with Crippen LogP contribution in [0.1, 0.15) is 60.5 Å². The van der Waals surface area contributed by atoms with E-state index in [-0.39, 0.29) is 5.41 Å². The summed E-state index contributed by atoms with van der Waals surface area (Å²) in [5, 5.41) is 2.19. The second-order valence-corrected chi connectivity index (χ2v) is 7.75. The van der Waals surface area contributed by atoms with E-state index in [9.17, 15) is 0 Å². The fourth-order valence-corrected chi connectivity index (χ4v) is 4.24. The van der Waals surface area contributed by atoms with E-state index in [0.29, 0.717) is 4.83 Å². The van der Waals surface area contributed by atoms with Gasteiger partial charge in [0.2, 0.25) is 0 Å². The Morgan fingerprint density at radius 3 is 2.30 bits per heavy atom. The molecular formula is C18H23BrS. The third-order valence-electron chi connectivity index (χ3n) is 4.26. The van der Waals surface area contributed by atoms with Crippen LogP contribution in [0, 0.1) is 0 Å². The molecule has 1 aromatic carbocycles. The van der Waals surface area contributed by atoms with Gasteiger partial charge in [0, 0.05) is 4.88 Å². The van der Waals surface area contributed by atoms with Crippen LogP contribution in [0.25, 0.3) is 0 Å². The molecule has 2 aromatic rings. The number of benzene rings is 1. The Morgan fingerprint density at radius 1 is 1.10 bits per heavy atom. The van der Waals surface area contributed by atoms with Gasteiger partial charge < -0.3 is 0 Å². The van der Waals surface area contributed by atoms with E-state index in [2.05, 4.69) is 79.3 Å². The number of hydrogen-bond acceptors (Lipinski definition) is 1. The van der Waals surface area contributed by atoms with Gasteiger partial charge >= 0.3 is 0 Å². The minimum atomic E-state index is 0.262. The SMILES string of the molecule is CCc1ccsc1C(Br)c1ccc(C(C)(C)CC)cc1. The minimum Gasteiger partial charge on any atom is -0.147 e. The zero-order valence-corrected chi connectivity index (χ0v) is 15.1. The summed E-state index contributed by atoms with van der Waals surface area (Å²) in [7, 11) is 0. The van der Waals surface area contributed by atoms with Crippen LogP contribution in [0.5, 0.6) is 0 Å². The predicted molar refractivity (Wildman–Crippen MR) is 94.2 cm³/mol. The van der Waals surface area contributed by atoms with E-state index in [4.69, 9.17) is 0 Å². The zero-order valence-electron chi connectivity index (χ0n) is 12.7. The van der Waals surface area contributed by atoms with Crippen LogP contribution < -0.4 is 0 Å². The molecule has 0 nitrogen and oxygen atoms in total. The van der Waals surface area contributed by atoms with E-state index in [1.165, 1.54) is 21.6 Å². The highest BCUT2D eigenvalue weighted by atomic mass is 79.9. The normalized spacial score (nSPS) is 13.4. The monoisotopic (exact) mass is 350 g/mol. The van der Waals surface area contributed by atoms with Crippen LogP contribution in [-0.4, -0.2) is 0 Å². The fourth-order valence-electron chi connectivity index (χ4n) is 2.32. The maximum atomic E-state index is 3.87. The lowest BCUT2D eigenvalue weighted by molar-refractivity contribution is 0.506. The Balaban J connectivity index is 2.26. The molecule has 0 aliphatic heterocycles. The van der Waals surface area contributed by atoms with Crippen LogP contribution in [0.3, 0.4) is 0 Å². The number of alkyl halides is 1. The van der Waals surface area contributed by atoms with Gasteiger partial charge in [-0.05, 0) is 46.4 Å². The first kappa shape index (κ1) is 15.8. The Hall–Kier alpha value is -0.600. The van der Waals surface area contributed by atoms with Crippen LogP contribution >= 0.6 is 27.3 Å². The second kappa shape index (κ2) is 6.44. The third-order valence-corrected chi connectivity index (χ3v) is 6.57. The molecule has 1 heterocycles. The Bertz CT molecular complexity index is 551. The summed E-state index contributed by atoms with van der Waals surface area (Å²) in [5.41, 5.74) is 4.48. The molecule has 0 saturated heterocycles. The van der Waals surface area contributed by atoms with Crippen molar-refractivity contribution in [1.82, 2.24) is 0 Å². The lowest BCUT2D eigenvalue weighted by Crippen LogP contribution is -2.15. The lowest BCUT2D eigenvalue weighted by atomic mass is 9.82. The number of rotatable bonds is 5. The van der Waals surface area contributed by atoms with Crippen molar-refractivity contribution in [1.29, 1.82) is 0 Å². The van der Waals surface area contributed by atoms with Gasteiger partial charge in [-0.25, -0.2) is 0 Å². The van der Waals surface area contributed by atoms with Gasteiger partial charge in [-0.15, -0.1) is 11.3 Å². The summed E-state index contributed by atoms with van der Waals surface area (Å²) in [4.78, 5) is 1.76. The van der Waals surface area contributed by atoms with Crippen molar-refractivity contribution in [2.75, 3.05) is 0 Å². The second-order valence-electron chi connectivity index (χ2n) is 5.89. The summed E-state index contributed by atoms with van der Waals surface area (Å²) >= 11 is 5.71. The smallest absolute Gasteiger partial charge is 0.0740 e. The molecule has 20 heavy (non-hydrogen) atoms. The van der Waals surface area contributed by atoms with Crippen molar-refractivity contribution >= 4 is 27.3 Å². The highest BCUT2D eigenvalue weighted by molar-refractivity contribution is 9.09. The fraction of sp³-hybridized carbons (Fsp3) is 0.444. The molecule has 0 aliphatic carbocycles. The minimum absolute atomic E-state index is 0.262. The number of halogens is 1. The molecule has 1 atom stereocenters. The van der Waals surface area contributed by atoms with Gasteiger partial charge in [0.05, 0.1) is 4.83 Å².